The average molecular weight is 367 g/mol. The molecule has 1 fully saturated rings. The molecule has 27 heavy (non-hydrogen) atoms. The maximum absolute atomic E-state index is 12.6. The molecule has 2 aromatic rings. The predicted octanol–water partition coefficient (Wildman–Crippen LogP) is 3.68. The Bertz CT molecular complexity index is 748. The number of hydrogen-bond acceptors (Lipinski definition) is 5. The monoisotopic (exact) mass is 367 g/mol. The second kappa shape index (κ2) is 8.61. The molecule has 0 bridgehead atoms. The van der Waals surface area contributed by atoms with Gasteiger partial charge in [0.25, 0.3) is 0 Å². The van der Waals surface area contributed by atoms with Crippen LogP contribution in [-0.4, -0.2) is 39.3 Å². The summed E-state index contributed by atoms with van der Waals surface area (Å²) in [7, 11) is 0. The largest absolute Gasteiger partial charge is 0.471 e. The lowest BCUT2D eigenvalue weighted by atomic mass is 9.89. The Balaban J connectivity index is 1.53. The Morgan fingerprint density at radius 3 is 2.44 bits per heavy atom. The van der Waals surface area contributed by atoms with Crippen molar-refractivity contribution in [1.82, 2.24) is 14.9 Å². The summed E-state index contributed by atoms with van der Waals surface area (Å²) < 4.78 is 5.95. The molecule has 144 valence electrons. The van der Waals surface area contributed by atoms with Crippen LogP contribution in [0.15, 0.2) is 42.7 Å². The van der Waals surface area contributed by atoms with E-state index in [0.717, 1.165) is 37.2 Å². The van der Waals surface area contributed by atoms with Crippen LogP contribution < -0.4 is 4.74 Å². The first kappa shape index (κ1) is 19.5. The van der Waals surface area contributed by atoms with Gasteiger partial charge in [0.1, 0.15) is 17.1 Å². The van der Waals surface area contributed by atoms with Crippen LogP contribution in [0.4, 0.5) is 0 Å². The Labute approximate surface area is 161 Å². The fraction of sp³-hybridized carbons (Fsp3) is 0.500. The van der Waals surface area contributed by atoms with Crippen LogP contribution in [-0.2, 0) is 17.8 Å². The van der Waals surface area contributed by atoms with Crippen molar-refractivity contribution in [2.24, 2.45) is 5.92 Å². The second-order valence-corrected chi connectivity index (χ2v) is 8.20. The van der Waals surface area contributed by atoms with E-state index in [9.17, 15) is 4.79 Å². The predicted molar refractivity (Wildman–Crippen MR) is 106 cm³/mol. The maximum Gasteiger partial charge on any atom is 0.237 e. The van der Waals surface area contributed by atoms with Crippen molar-refractivity contribution in [3.05, 3.63) is 54.0 Å². The van der Waals surface area contributed by atoms with Gasteiger partial charge < -0.3 is 4.74 Å². The molecule has 0 radical (unpaired) electrons. The lowest BCUT2D eigenvalue weighted by Gasteiger charge is -2.31. The molecule has 5 nitrogen and oxygen atoms in total. The molecule has 2 heterocycles. The number of aromatic nitrogens is 2. The van der Waals surface area contributed by atoms with Gasteiger partial charge in [0.15, 0.2) is 0 Å². The number of carbonyl (C=O) groups excluding carboxylic acids is 1. The molecule has 0 amide bonds. The number of hydrogen-bond donors (Lipinski definition) is 0. The minimum atomic E-state index is -0.304. The number of carbonyl (C=O) groups is 1. The zero-order chi connectivity index (χ0) is 19.3. The molecule has 1 saturated heterocycles. The van der Waals surface area contributed by atoms with Gasteiger partial charge in [0, 0.05) is 31.3 Å². The van der Waals surface area contributed by atoms with Gasteiger partial charge in [-0.15, -0.1) is 0 Å². The highest BCUT2D eigenvalue weighted by atomic mass is 16.5. The molecule has 5 heteroatoms. The standard InChI is InChI=1S/C22H29N3O2/c1-22(2,3)27-21-19(23-11-12-24-21)16-25-13-9-18(10-14-25)20(26)15-17-7-5-4-6-8-17/h4-8,11-12,18H,9-10,13-16H2,1-3H3. The van der Waals surface area contributed by atoms with E-state index < -0.39 is 0 Å². The molecular weight excluding hydrogens is 338 g/mol. The molecule has 3 rings (SSSR count). The van der Waals surface area contributed by atoms with Crippen LogP contribution in [0, 0.1) is 5.92 Å². The molecule has 1 aliphatic rings. The second-order valence-electron chi connectivity index (χ2n) is 8.20. The lowest BCUT2D eigenvalue weighted by molar-refractivity contribution is -0.123. The summed E-state index contributed by atoms with van der Waals surface area (Å²) >= 11 is 0. The smallest absolute Gasteiger partial charge is 0.237 e. The zero-order valence-corrected chi connectivity index (χ0v) is 16.5. The van der Waals surface area contributed by atoms with Crippen molar-refractivity contribution in [3.8, 4) is 5.88 Å². The van der Waals surface area contributed by atoms with Gasteiger partial charge in [0.05, 0.1) is 0 Å². The van der Waals surface area contributed by atoms with E-state index in [0.29, 0.717) is 24.6 Å². The molecule has 0 aliphatic carbocycles. The Morgan fingerprint density at radius 1 is 1.11 bits per heavy atom. The summed E-state index contributed by atoms with van der Waals surface area (Å²) in [5.74, 6) is 1.12. The van der Waals surface area contributed by atoms with E-state index in [1.807, 2.05) is 51.1 Å². The molecule has 1 aromatic heterocycles. The number of Topliss-reactive ketones (excluding diaryl/α,β-unsaturated/α-hetero) is 1. The van der Waals surface area contributed by atoms with E-state index in [-0.39, 0.29) is 11.5 Å². The number of likely N-dealkylation sites (tertiary alicyclic amines) is 1. The third kappa shape index (κ3) is 5.86. The van der Waals surface area contributed by atoms with Crippen LogP contribution >= 0.6 is 0 Å². The first-order valence-corrected chi connectivity index (χ1v) is 9.68. The summed E-state index contributed by atoms with van der Waals surface area (Å²) in [6.45, 7) is 8.53. The van der Waals surface area contributed by atoms with Crippen LogP contribution in [0.2, 0.25) is 0 Å². The van der Waals surface area contributed by atoms with E-state index in [1.54, 1.807) is 12.4 Å². The normalized spacial score (nSPS) is 16.3. The number of rotatable bonds is 6. The Kier molecular flexibility index (Phi) is 6.22. The van der Waals surface area contributed by atoms with E-state index >= 15 is 0 Å². The number of ketones is 1. The van der Waals surface area contributed by atoms with E-state index in [4.69, 9.17) is 4.74 Å². The van der Waals surface area contributed by atoms with Gasteiger partial charge >= 0.3 is 0 Å². The number of ether oxygens (including phenoxy) is 1. The third-order valence-electron chi connectivity index (χ3n) is 4.78. The summed E-state index contributed by atoms with van der Waals surface area (Å²) in [5.41, 5.74) is 1.66. The van der Waals surface area contributed by atoms with Crippen LogP contribution in [0.5, 0.6) is 5.88 Å². The van der Waals surface area contributed by atoms with Crippen LogP contribution in [0.25, 0.3) is 0 Å². The minimum absolute atomic E-state index is 0.161. The highest BCUT2D eigenvalue weighted by molar-refractivity contribution is 5.83. The number of nitrogens with zero attached hydrogens (tertiary/aromatic N) is 3. The van der Waals surface area contributed by atoms with Gasteiger partial charge in [-0.3, -0.25) is 14.7 Å². The molecule has 1 aliphatic heterocycles. The Hall–Kier alpha value is -2.27. The maximum atomic E-state index is 12.6. The number of benzene rings is 1. The highest BCUT2D eigenvalue weighted by Gasteiger charge is 2.26. The quantitative estimate of drug-likeness (QED) is 0.780. The molecule has 0 atom stereocenters. The molecular formula is C22H29N3O2. The first-order chi connectivity index (χ1) is 12.9. The molecule has 0 N–H and O–H groups in total. The van der Waals surface area contributed by atoms with Gasteiger partial charge in [-0.1, -0.05) is 30.3 Å². The molecule has 1 aromatic carbocycles. The molecule has 0 saturated carbocycles. The van der Waals surface area contributed by atoms with E-state index in [2.05, 4.69) is 14.9 Å². The first-order valence-electron chi connectivity index (χ1n) is 9.68. The zero-order valence-electron chi connectivity index (χ0n) is 16.5. The SMILES string of the molecule is CC(C)(C)Oc1nccnc1CN1CCC(C(=O)Cc2ccccc2)CC1. The van der Waals surface area contributed by atoms with Crippen molar-refractivity contribution in [1.29, 1.82) is 0 Å². The van der Waals surface area contributed by atoms with Gasteiger partial charge in [-0.25, -0.2) is 4.98 Å². The highest BCUT2D eigenvalue weighted by Crippen LogP contribution is 2.24. The van der Waals surface area contributed by atoms with Gasteiger partial charge in [-0.2, -0.15) is 0 Å². The summed E-state index contributed by atoms with van der Waals surface area (Å²) in [4.78, 5) is 23.7. The summed E-state index contributed by atoms with van der Waals surface area (Å²) in [6.07, 6.45) is 5.72. The fourth-order valence-corrected chi connectivity index (χ4v) is 3.40. The average Bonchev–Trinajstić information content (AvgIpc) is 2.63. The van der Waals surface area contributed by atoms with Crippen molar-refractivity contribution >= 4 is 5.78 Å². The van der Waals surface area contributed by atoms with E-state index in [1.165, 1.54) is 0 Å². The van der Waals surface area contributed by atoms with Crippen molar-refractivity contribution in [2.75, 3.05) is 13.1 Å². The minimum Gasteiger partial charge on any atom is -0.471 e. The van der Waals surface area contributed by atoms with Gasteiger partial charge in [-0.05, 0) is 52.3 Å². The van der Waals surface area contributed by atoms with Crippen molar-refractivity contribution in [2.45, 2.75) is 52.2 Å². The third-order valence-corrected chi connectivity index (χ3v) is 4.78. The number of piperidine rings is 1. The fourth-order valence-electron chi connectivity index (χ4n) is 3.40. The van der Waals surface area contributed by atoms with Crippen molar-refractivity contribution in [3.63, 3.8) is 0 Å². The van der Waals surface area contributed by atoms with Crippen molar-refractivity contribution < 1.29 is 9.53 Å². The van der Waals surface area contributed by atoms with Crippen LogP contribution in [0.3, 0.4) is 0 Å². The molecule has 0 spiro atoms. The molecule has 0 unspecified atom stereocenters. The van der Waals surface area contributed by atoms with Gasteiger partial charge in [0.2, 0.25) is 5.88 Å². The topological polar surface area (TPSA) is 55.3 Å². The lowest BCUT2D eigenvalue weighted by Crippen LogP contribution is -2.37. The Morgan fingerprint density at radius 2 is 1.78 bits per heavy atom. The summed E-state index contributed by atoms with van der Waals surface area (Å²) in [5, 5.41) is 0. The summed E-state index contributed by atoms with van der Waals surface area (Å²) in [6, 6.07) is 10.0. The van der Waals surface area contributed by atoms with Crippen LogP contribution in [0.1, 0.15) is 44.9 Å².